The topological polar surface area (TPSA) is 54.4 Å². The number of hydrogen-bond acceptors (Lipinski definition) is 2. The van der Waals surface area contributed by atoms with Crippen LogP contribution in [0.3, 0.4) is 0 Å². The van der Waals surface area contributed by atoms with E-state index in [1.807, 2.05) is 6.08 Å². The lowest BCUT2D eigenvalue weighted by atomic mass is 9.70. The van der Waals surface area contributed by atoms with Crippen LogP contribution in [0.4, 0.5) is 0 Å². The van der Waals surface area contributed by atoms with Crippen molar-refractivity contribution in [2.75, 3.05) is 0 Å². The molecule has 1 unspecified atom stereocenters. The molecule has 0 bridgehead atoms. The van der Waals surface area contributed by atoms with E-state index in [0.29, 0.717) is 19.3 Å². The van der Waals surface area contributed by atoms with E-state index in [2.05, 4.69) is 6.58 Å². The maximum absolute atomic E-state index is 11.9. The Bertz CT molecular complexity index is 296. The molecule has 1 atom stereocenters. The van der Waals surface area contributed by atoms with Crippen LogP contribution in [0.15, 0.2) is 12.7 Å². The van der Waals surface area contributed by atoms with Crippen molar-refractivity contribution in [2.45, 2.75) is 57.8 Å². The van der Waals surface area contributed by atoms with Crippen molar-refractivity contribution in [3.63, 3.8) is 0 Å². The summed E-state index contributed by atoms with van der Waals surface area (Å²) in [6.45, 7) is 3.65. The average molecular weight is 238 g/mol. The van der Waals surface area contributed by atoms with Gasteiger partial charge in [-0.1, -0.05) is 25.3 Å². The van der Waals surface area contributed by atoms with E-state index in [4.69, 9.17) is 0 Å². The number of aliphatic carboxylic acids is 1. The molecular formula is C14H22O3. The van der Waals surface area contributed by atoms with E-state index in [1.165, 1.54) is 0 Å². The molecule has 0 aromatic heterocycles. The summed E-state index contributed by atoms with van der Waals surface area (Å²) in [6.07, 6.45) is 8.88. The Morgan fingerprint density at radius 1 is 1.35 bits per heavy atom. The minimum atomic E-state index is -1.06. The van der Waals surface area contributed by atoms with Crippen molar-refractivity contribution in [3.8, 4) is 0 Å². The number of ketones is 1. The first-order valence-electron chi connectivity index (χ1n) is 6.51. The molecule has 1 aliphatic carbocycles. The molecular weight excluding hydrogens is 216 g/mol. The number of carboxylic acid groups (broad SMARTS) is 1. The van der Waals surface area contributed by atoms with Crippen molar-refractivity contribution in [1.29, 1.82) is 0 Å². The SMILES string of the molecule is C=CCCCCCC1(C(=O)O)CCCCC1=O. The number of unbranched alkanes of at least 4 members (excludes halogenated alkanes) is 3. The van der Waals surface area contributed by atoms with Crippen LogP contribution in [-0.2, 0) is 9.59 Å². The summed E-state index contributed by atoms with van der Waals surface area (Å²) in [5.74, 6) is -0.967. The third-order valence-corrected chi connectivity index (χ3v) is 3.71. The predicted molar refractivity (Wildman–Crippen MR) is 66.8 cm³/mol. The number of hydrogen-bond donors (Lipinski definition) is 1. The summed E-state index contributed by atoms with van der Waals surface area (Å²) in [5.41, 5.74) is -1.06. The summed E-state index contributed by atoms with van der Waals surface area (Å²) >= 11 is 0. The summed E-state index contributed by atoms with van der Waals surface area (Å²) in [4.78, 5) is 23.3. The Labute approximate surface area is 103 Å². The smallest absolute Gasteiger partial charge is 0.317 e. The molecule has 3 nitrogen and oxygen atoms in total. The van der Waals surface area contributed by atoms with Crippen LogP contribution >= 0.6 is 0 Å². The second-order valence-electron chi connectivity index (χ2n) is 4.91. The second-order valence-corrected chi connectivity index (χ2v) is 4.91. The molecule has 0 saturated heterocycles. The highest BCUT2D eigenvalue weighted by Gasteiger charge is 2.45. The molecule has 17 heavy (non-hydrogen) atoms. The third kappa shape index (κ3) is 3.42. The fourth-order valence-corrected chi connectivity index (χ4v) is 2.58. The fraction of sp³-hybridized carbons (Fsp3) is 0.714. The van der Waals surface area contributed by atoms with Crippen molar-refractivity contribution in [2.24, 2.45) is 5.41 Å². The summed E-state index contributed by atoms with van der Waals surface area (Å²) in [7, 11) is 0. The van der Waals surface area contributed by atoms with Crippen LogP contribution in [0.1, 0.15) is 57.8 Å². The molecule has 0 radical (unpaired) electrons. The van der Waals surface area contributed by atoms with Crippen molar-refractivity contribution in [3.05, 3.63) is 12.7 Å². The zero-order valence-corrected chi connectivity index (χ0v) is 10.4. The van der Waals surface area contributed by atoms with E-state index in [9.17, 15) is 14.7 Å². The molecule has 0 amide bonds. The molecule has 3 heteroatoms. The molecule has 1 rings (SSSR count). The van der Waals surface area contributed by atoms with Crippen LogP contribution < -0.4 is 0 Å². The lowest BCUT2D eigenvalue weighted by molar-refractivity contribution is -0.157. The minimum Gasteiger partial charge on any atom is -0.480 e. The summed E-state index contributed by atoms with van der Waals surface area (Å²) < 4.78 is 0. The van der Waals surface area contributed by atoms with E-state index in [0.717, 1.165) is 38.5 Å². The molecule has 1 aliphatic rings. The fourth-order valence-electron chi connectivity index (χ4n) is 2.58. The Balaban J connectivity index is 2.50. The normalized spacial score (nSPS) is 24.6. The zero-order valence-electron chi connectivity index (χ0n) is 10.4. The molecule has 1 fully saturated rings. The standard InChI is InChI=1S/C14H22O3/c1-2-3-4-5-7-10-14(13(16)17)11-8-6-9-12(14)15/h2H,1,3-11H2,(H,16,17). The molecule has 1 saturated carbocycles. The monoisotopic (exact) mass is 238 g/mol. The lowest BCUT2D eigenvalue weighted by Crippen LogP contribution is -2.41. The first-order valence-corrected chi connectivity index (χ1v) is 6.51. The van der Waals surface area contributed by atoms with Crippen molar-refractivity contribution < 1.29 is 14.7 Å². The van der Waals surface area contributed by atoms with Gasteiger partial charge in [0.05, 0.1) is 0 Å². The lowest BCUT2D eigenvalue weighted by Gasteiger charge is -2.31. The quantitative estimate of drug-likeness (QED) is 0.420. The van der Waals surface area contributed by atoms with E-state index in [1.54, 1.807) is 0 Å². The first-order chi connectivity index (χ1) is 8.13. The number of carboxylic acids is 1. The molecule has 0 heterocycles. The molecule has 0 aromatic carbocycles. The van der Waals surface area contributed by atoms with Gasteiger partial charge in [-0.25, -0.2) is 0 Å². The summed E-state index contributed by atoms with van der Waals surface area (Å²) in [6, 6.07) is 0. The Kier molecular flexibility index (Phi) is 5.39. The van der Waals surface area contributed by atoms with Crippen LogP contribution in [0.2, 0.25) is 0 Å². The second kappa shape index (κ2) is 6.58. The number of allylic oxidation sites excluding steroid dienone is 1. The number of Topliss-reactive ketones (excluding diaryl/α,β-unsaturated/α-hetero) is 1. The maximum atomic E-state index is 11.9. The first kappa shape index (κ1) is 13.9. The van der Waals surface area contributed by atoms with Gasteiger partial charge in [-0.05, 0) is 32.1 Å². The van der Waals surface area contributed by atoms with Gasteiger partial charge in [0.1, 0.15) is 11.2 Å². The van der Waals surface area contributed by atoms with Crippen LogP contribution in [0.25, 0.3) is 0 Å². The third-order valence-electron chi connectivity index (χ3n) is 3.71. The number of rotatable bonds is 7. The molecule has 0 aromatic rings. The van der Waals surface area contributed by atoms with Gasteiger partial charge in [-0.2, -0.15) is 0 Å². The van der Waals surface area contributed by atoms with Gasteiger partial charge in [0.15, 0.2) is 0 Å². The average Bonchev–Trinajstić information content (AvgIpc) is 2.31. The van der Waals surface area contributed by atoms with Gasteiger partial charge in [0.2, 0.25) is 0 Å². The summed E-state index contributed by atoms with van der Waals surface area (Å²) in [5, 5.41) is 9.32. The molecule has 1 N–H and O–H groups in total. The molecule has 96 valence electrons. The van der Waals surface area contributed by atoms with Crippen LogP contribution in [0.5, 0.6) is 0 Å². The van der Waals surface area contributed by atoms with Gasteiger partial charge < -0.3 is 5.11 Å². The van der Waals surface area contributed by atoms with Gasteiger partial charge >= 0.3 is 5.97 Å². The number of carbonyl (C=O) groups excluding carboxylic acids is 1. The van der Waals surface area contributed by atoms with Gasteiger partial charge in [0.25, 0.3) is 0 Å². The largest absolute Gasteiger partial charge is 0.480 e. The van der Waals surface area contributed by atoms with E-state index in [-0.39, 0.29) is 5.78 Å². The molecule has 0 aliphatic heterocycles. The van der Waals surface area contributed by atoms with E-state index >= 15 is 0 Å². The van der Waals surface area contributed by atoms with E-state index < -0.39 is 11.4 Å². The Morgan fingerprint density at radius 2 is 2.12 bits per heavy atom. The van der Waals surface area contributed by atoms with Gasteiger partial charge in [0, 0.05) is 6.42 Å². The van der Waals surface area contributed by atoms with Crippen LogP contribution in [-0.4, -0.2) is 16.9 Å². The van der Waals surface area contributed by atoms with Gasteiger partial charge in [-0.3, -0.25) is 9.59 Å². The highest BCUT2D eigenvalue weighted by atomic mass is 16.4. The highest BCUT2D eigenvalue weighted by Crippen LogP contribution is 2.38. The number of carbonyl (C=O) groups is 2. The highest BCUT2D eigenvalue weighted by molar-refractivity contribution is 6.03. The van der Waals surface area contributed by atoms with Gasteiger partial charge in [-0.15, -0.1) is 6.58 Å². The predicted octanol–water partition coefficient (Wildman–Crippen LogP) is 3.34. The molecule has 0 spiro atoms. The van der Waals surface area contributed by atoms with Crippen molar-refractivity contribution in [1.82, 2.24) is 0 Å². The van der Waals surface area contributed by atoms with Crippen molar-refractivity contribution >= 4 is 11.8 Å². The Hall–Kier alpha value is -1.12. The maximum Gasteiger partial charge on any atom is 0.317 e. The van der Waals surface area contributed by atoms with Crippen LogP contribution in [0, 0.1) is 5.41 Å². The zero-order chi connectivity index (χ0) is 12.7. The minimum absolute atomic E-state index is 0.0556. The Morgan fingerprint density at radius 3 is 2.71 bits per heavy atom.